The monoisotopic (exact) mass is 560 g/mol. The summed E-state index contributed by atoms with van der Waals surface area (Å²) in [4.78, 5) is 54.0. The van der Waals surface area contributed by atoms with E-state index in [1.807, 2.05) is 0 Å². The van der Waals surface area contributed by atoms with Gasteiger partial charge in [-0.1, -0.05) is 12.1 Å². The van der Waals surface area contributed by atoms with Gasteiger partial charge in [0.15, 0.2) is 0 Å². The van der Waals surface area contributed by atoms with Crippen LogP contribution in [0.1, 0.15) is 41.4 Å². The van der Waals surface area contributed by atoms with Crippen molar-refractivity contribution in [1.82, 2.24) is 19.2 Å². The van der Waals surface area contributed by atoms with Crippen molar-refractivity contribution in [2.75, 3.05) is 26.8 Å². The number of methoxy groups -OCH3 is 1. The van der Waals surface area contributed by atoms with Gasteiger partial charge >= 0.3 is 17.8 Å². The van der Waals surface area contributed by atoms with E-state index in [-0.39, 0.29) is 31.9 Å². The summed E-state index contributed by atoms with van der Waals surface area (Å²) in [5.41, 5.74) is -3.04. The first-order valence-corrected chi connectivity index (χ1v) is 12.5. The second kappa shape index (κ2) is 11.8. The zero-order valence-electron chi connectivity index (χ0n) is 21.8. The lowest BCUT2D eigenvalue weighted by Crippen LogP contribution is -2.49. The molecule has 0 aliphatic carbocycles. The van der Waals surface area contributed by atoms with Crippen LogP contribution in [0.4, 0.5) is 13.2 Å². The summed E-state index contributed by atoms with van der Waals surface area (Å²) in [7, 11) is 1.45. The van der Waals surface area contributed by atoms with Crippen molar-refractivity contribution in [3.8, 4) is 11.4 Å². The molecule has 1 fully saturated rings. The lowest BCUT2D eigenvalue weighted by Gasteiger charge is -2.31. The fraction of sp³-hybridized carbons (Fsp3) is 0.370. The standard InChI is InChI=1S/C27H27F3N4O6/c1-3-40-25(37)18-7-5-13-32(16-18)23(35)22-24(36)33(15-17-6-4-8-21(14-17)39-2)26(38)34(31-22)20-11-9-19(10-12-20)27(28,29)30/h4,6,8-12,14,18H,3,5,7,13,15-16H2,1-2H3/t18-/m0/s1. The van der Waals surface area contributed by atoms with Gasteiger partial charge in [0.2, 0.25) is 5.69 Å². The normalized spacial score (nSPS) is 15.5. The zero-order chi connectivity index (χ0) is 29.0. The number of benzene rings is 2. The van der Waals surface area contributed by atoms with Gasteiger partial charge in [-0.25, -0.2) is 4.79 Å². The van der Waals surface area contributed by atoms with E-state index >= 15 is 0 Å². The molecule has 212 valence electrons. The molecule has 13 heteroatoms. The molecule has 0 spiro atoms. The van der Waals surface area contributed by atoms with Crippen molar-refractivity contribution in [2.45, 2.75) is 32.5 Å². The highest BCUT2D eigenvalue weighted by Gasteiger charge is 2.33. The number of halogens is 3. The molecular weight excluding hydrogens is 533 g/mol. The van der Waals surface area contributed by atoms with Gasteiger partial charge in [0, 0.05) is 13.1 Å². The number of likely N-dealkylation sites (tertiary alicyclic amines) is 1. The van der Waals surface area contributed by atoms with Crippen molar-refractivity contribution in [3.05, 3.63) is 86.2 Å². The molecule has 0 radical (unpaired) electrons. The van der Waals surface area contributed by atoms with Gasteiger partial charge in [0.05, 0.1) is 37.4 Å². The van der Waals surface area contributed by atoms with E-state index in [1.54, 1.807) is 31.2 Å². The lowest BCUT2D eigenvalue weighted by atomic mass is 9.98. The number of piperidine rings is 1. The Morgan fingerprint density at radius 1 is 1.10 bits per heavy atom. The molecule has 0 unspecified atom stereocenters. The molecule has 2 aromatic carbocycles. The maximum absolute atomic E-state index is 13.5. The maximum atomic E-state index is 13.5. The lowest BCUT2D eigenvalue weighted by molar-refractivity contribution is -0.149. The van der Waals surface area contributed by atoms with E-state index in [9.17, 15) is 32.3 Å². The van der Waals surface area contributed by atoms with Gasteiger partial charge < -0.3 is 14.4 Å². The molecule has 4 rings (SSSR count). The number of carbonyl (C=O) groups excluding carboxylic acids is 2. The van der Waals surface area contributed by atoms with Crippen LogP contribution in [-0.4, -0.2) is 57.9 Å². The Labute approximate surface area is 226 Å². The molecule has 0 bridgehead atoms. The summed E-state index contributed by atoms with van der Waals surface area (Å²) in [5.74, 6) is -1.38. The number of amides is 1. The number of ether oxygens (including phenoxy) is 2. The Hall–Kier alpha value is -4.42. The fourth-order valence-electron chi connectivity index (χ4n) is 4.47. The second-order valence-electron chi connectivity index (χ2n) is 9.17. The van der Waals surface area contributed by atoms with Crippen LogP contribution in [0.5, 0.6) is 5.75 Å². The van der Waals surface area contributed by atoms with Crippen molar-refractivity contribution >= 4 is 11.9 Å². The summed E-state index contributed by atoms with van der Waals surface area (Å²) in [6.45, 7) is 1.82. The average Bonchev–Trinajstić information content (AvgIpc) is 2.95. The van der Waals surface area contributed by atoms with Gasteiger partial charge in [-0.3, -0.25) is 19.0 Å². The Bertz CT molecular complexity index is 1510. The predicted octanol–water partition coefficient (Wildman–Crippen LogP) is 2.89. The first-order valence-electron chi connectivity index (χ1n) is 12.5. The highest BCUT2D eigenvalue weighted by Crippen LogP contribution is 2.29. The molecule has 3 aromatic rings. The number of nitrogens with zero attached hydrogens (tertiary/aromatic N) is 4. The summed E-state index contributed by atoms with van der Waals surface area (Å²) < 4.78 is 51.1. The Kier molecular flexibility index (Phi) is 8.40. The summed E-state index contributed by atoms with van der Waals surface area (Å²) in [6, 6.07) is 10.2. The van der Waals surface area contributed by atoms with Gasteiger partial charge in [-0.2, -0.15) is 23.0 Å². The van der Waals surface area contributed by atoms with Crippen LogP contribution < -0.4 is 16.0 Å². The van der Waals surface area contributed by atoms with Gasteiger partial charge in [-0.15, -0.1) is 0 Å². The van der Waals surface area contributed by atoms with Crippen molar-refractivity contribution < 1.29 is 32.2 Å². The molecular formula is C27H27F3N4O6. The average molecular weight is 561 g/mol. The van der Waals surface area contributed by atoms with Crippen LogP contribution in [0, 0.1) is 5.92 Å². The molecule has 0 N–H and O–H groups in total. The summed E-state index contributed by atoms with van der Waals surface area (Å²) in [6.07, 6.45) is -3.63. The molecule has 2 heterocycles. The van der Waals surface area contributed by atoms with E-state index in [1.165, 1.54) is 12.0 Å². The number of aromatic nitrogens is 3. The smallest absolute Gasteiger partial charge is 0.416 e. The largest absolute Gasteiger partial charge is 0.497 e. The number of carbonyl (C=O) groups is 2. The Balaban J connectivity index is 1.80. The van der Waals surface area contributed by atoms with Crippen LogP contribution in [0.25, 0.3) is 5.69 Å². The zero-order valence-corrected chi connectivity index (χ0v) is 21.8. The molecule has 0 saturated carbocycles. The number of esters is 1. The van der Waals surface area contributed by atoms with Gasteiger partial charge in [0.25, 0.3) is 11.5 Å². The highest BCUT2D eigenvalue weighted by atomic mass is 19.4. The van der Waals surface area contributed by atoms with Crippen LogP contribution in [0.15, 0.2) is 58.1 Å². The third-order valence-electron chi connectivity index (χ3n) is 6.50. The van der Waals surface area contributed by atoms with E-state index in [2.05, 4.69) is 5.10 Å². The van der Waals surface area contributed by atoms with E-state index < -0.39 is 46.5 Å². The van der Waals surface area contributed by atoms with Crippen LogP contribution >= 0.6 is 0 Å². The highest BCUT2D eigenvalue weighted by molar-refractivity contribution is 5.92. The van der Waals surface area contributed by atoms with Crippen LogP contribution in [0.3, 0.4) is 0 Å². The quantitative estimate of drug-likeness (QED) is 0.409. The predicted molar refractivity (Wildman–Crippen MR) is 136 cm³/mol. The first-order chi connectivity index (χ1) is 19.0. The van der Waals surface area contributed by atoms with Crippen LogP contribution in [0.2, 0.25) is 0 Å². The summed E-state index contributed by atoms with van der Waals surface area (Å²) in [5, 5.41) is 4.01. The molecule has 1 aliphatic heterocycles. The van der Waals surface area contributed by atoms with Crippen molar-refractivity contribution in [3.63, 3.8) is 0 Å². The minimum absolute atomic E-state index is 0.00588. The van der Waals surface area contributed by atoms with E-state index in [0.717, 1.165) is 33.5 Å². The molecule has 1 aromatic heterocycles. The summed E-state index contributed by atoms with van der Waals surface area (Å²) >= 11 is 0. The number of alkyl halides is 3. The number of rotatable bonds is 7. The fourth-order valence-corrected chi connectivity index (χ4v) is 4.47. The van der Waals surface area contributed by atoms with Gasteiger partial charge in [0.1, 0.15) is 5.75 Å². The molecule has 10 nitrogen and oxygen atoms in total. The minimum atomic E-state index is -4.60. The molecule has 40 heavy (non-hydrogen) atoms. The number of hydrogen-bond donors (Lipinski definition) is 0. The van der Waals surface area contributed by atoms with E-state index in [4.69, 9.17) is 9.47 Å². The Morgan fingerprint density at radius 3 is 2.48 bits per heavy atom. The molecule has 1 amide bonds. The second-order valence-corrected chi connectivity index (χ2v) is 9.17. The first kappa shape index (κ1) is 28.6. The molecule has 1 aliphatic rings. The number of hydrogen-bond acceptors (Lipinski definition) is 7. The topological polar surface area (TPSA) is 113 Å². The SMILES string of the molecule is CCOC(=O)[C@H]1CCCN(C(=O)c2nn(-c3ccc(C(F)(F)F)cc3)c(=O)n(Cc3cccc(OC)c3)c2=O)C1. The Morgan fingerprint density at radius 2 is 1.82 bits per heavy atom. The van der Waals surface area contributed by atoms with E-state index in [0.29, 0.717) is 24.2 Å². The molecule has 1 atom stereocenters. The third kappa shape index (κ3) is 6.08. The van der Waals surface area contributed by atoms with Crippen molar-refractivity contribution in [2.24, 2.45) is 5.92 Å². The van der Waals surface area contributed by atoms with Crippen molar-refractivity contribution in [1.29, 1.82) is 0 Å². The minimum Gasteiger partial charge on any atom is -0.497 e. The van der Waals surface area contributed by atoms with Gasteiger partial charge in [-0.05, 0) is 61.7 Å². The maximum Gasteiger partial charge on any atom is 0.416 e. The molecule has 1 saturated heterocycles. The third-order valence-corrected chi connectivity index (χ3v) is 6.50. The van der Waals surface area contributed by atoms with Crippen LogP contribution in [-0.2, 0) is 22.3 Å².